The summed E-state index contributed by atoms with van der Waals surface area (Å²) in [5.41, 5.74) is 1.50. The fraction of sp³-hybridized carbons (Fsp3) is 0.0769. The number of rotatable bonds is 2. The number of hydrogen-bond donors (Lipinski definition) is 0. The van der Waals surface area contributed by atoms with Crippen molar-refractivity contribution in [2.24, 2.45) is 0 Å². The molecule has 0 aromatic heterocycles. The zero-order chi connectivity index (χ0) is 12.3. The summed E-state index contributed by atoms with van der Waals surface area (Å²) >= 11 is -1.50. The van der Waals surface area contributed by atoms with Gasteiger partial charge >= 0.3 is 103 Å². The Balaban J connectivity index is 2.41. The second-order valence-electron chi connectivity index (χ2n) is 3.41. The quantitative estimate of drug-likeness (QED) is 0.747. The molecule has 17 heavy (non-hydrogen) atoms. The van der Waals surface area contributed by atoms with Crippen molar-refractivity contribution in [3.05, 3.63) is 54.6 Å². The molecule has 0 unspecified atom stereocenters. The summed E-state index contributed by atoms with van der Waals surface area (Å²) in [5.74, 6) is 0. The summed E-state index contributed by atoms with van der Waals surface area (Å²) in [7, 11) is 0. The van der Waals surface area contributed by atoms with Gasteiger partial charge in [0.2, 0.25) is 0 Å². The number of alkyl halides is 3. The third-order valence-electron chi connectivity index (χ3n) is 2.20. The topological polar surface area (TPSA) is 0 Å². The fourth-order valence-electron chi connectivity index (χ4n) is 1.54. The molecule has 0 radical (unpaired) electrons. The molecule has 2 aromatic rings. The summed E-state index contributed by atoms with van der Waals surface area (Å²) < 4.78 is 37.8. The molecule has 0 amide bonds. The van der Waals surface area contributed by atoms with E-state index in [-0.39, 0.29) is 0 Å². The minimum absolute atomic E-state index is 0.374. The van der Waals surface area contributed by atoms with Gasteiger partial charge in [0.15, 0.2) is 0 Å². The van der Waals surface area contributed by atoms with Crippen molar-refractivity contribution < 1.29 is 13.2 Å². The predicted octanol–water partition coefficient (Wildman–Crippen LogP) is 3.20. The molecular formula is C13H9F3Se. The Labute approximate surface area is 104 Å². The first-order valence-corrected chi connectivity index (χ1v) is 6.68. The molecular weight excluding hydrogens is 292 g/mol. The van der Waals surface area contributed by atoms with Gasteiger partial charge in [-0.2, -0.15) is 0 Å². The Morgan fingerprint density at radius 1 is 0.765 bits per heavy atom. The third-order valence-corrected chi connectivity index (χ3v) is 3.89. The van der Waals surface area contributed by atoms with Gasteiger partial charge in [-0.25, -0.2) is 0 Å². The van der Waals surface area contributed by atoms with E-state index in [1.54, 1.807) is 24.3 Å². The molecule has 0 heterocycles. The van der Waals surface area contributed by atoms with Crippen LogP contribution in [0, 0.1) is 0 Å². The molecule has 88 valence electrons. The van der Waals surface area contributed by atoms with Crippen LogP contribution in [-0.4, -0.2) is 20.0 Å². The van der Waals surface area contributed by atoms with Gasteiger partial charge in [0.1, 0.15) is 0 Å². The summed E-state index contributed by atoms with van der Waals surface area (Å²) in [4.78, 5) is 0. The Bertz CT molecular complexity index is 492. The minimum atomic E-state index is -4.11. The zero-order valence-corrected chi connectivity index (χ0v) is 10.5. The van der Waals surface area contributed by atoms with E-state index in [2.05, 4.69) is 0 Å². The van der Waals surface area contributed by atoms with E-state index in [0.717, 1.165) is 5.56 Å². The molecule has 0 saturated heterocycles. The van der Waals surface area contributed by atoms with Crippen molar-refractivity contribution in [1.82, 2.24) is 0 Å². The monoisotopic (exact) mass is 302 g/mol. The maximum absolute atomic E-state index is 12.5. The molecule has 0 atom stereocenters. The second-order valence-corrected chi connectivity index (χ2v) is 5.73. The van der Waals surface area contributed by atoms with Crippen LogP contribution < -0.4 is 4.46 Å². The maximum atomic E-state index is 12.5. The number of hydrogen-bond acceptors (Lipinski definition) is 0. The van der Waals surface area contributed by atoms with E-state index < -0.39 is 20.0 Å². The van der Waals surface area contributed by atoms with Gasteiger partial charge in [-0.15, -0.1) is 0 Å². The molecule has 4 heteroatoms. The van der Waals surface area contributed by atoms with E-state index in [0.29, 0.717) is 10.0 Å². The average Bonchev–Trinajstić information content (AvgIpc) is 2.29. The average molecular weight is 301 g/mol. The van der Waals surface area contributed by atoms with Crippen molar-refractivity contribution in [3.63, 3.8) is 0 Å². The molecule has 0 fully saturated rings. The first kappa shape index (κ1) is 12.2. The van der Waals surface area contributed by atoms with Gasteiger partial charge in [0.05, 0.1) is 0 Å². The standard InChI is InChI=1S/C13H9F3Se/c14-13(15,16)17-12-9-5-4-8-11(12)10-6-2-1-3-7-10/h1-9H. The second kappa shape index (κ2) is 4.94. The van der Waals surface area contributed by atoms with E-state index in [9.17, 15) is 13.2 Å². The van der Waals surface area contributed by atoms with Crippen LogP contribution >= 0.6 is 0 Å². The molecule has 0 nitrogen and oxygen atoms in total. The molecule has 2 rings (SSSR count). The van der Waals surface area contributed by atoms with Crippen LogP contribution in [-0.2, 0) is 0 Å². The molecule has 0 aliphatic carbocycles. The van der Waals surface area contributed by atoms with Crippen molar-refractivity contribution in [2.45, 2.75) is 5.07 Å². The molecule has 0 saturated carbocycles. The summed E-state index contributed by atoms with van der Waals surface area (Å²) in [6.07, 6.45) is 0. The van der Waals surface area contributed by atoms with Crippen LogP contribution in [0.15, 0.2) is 54.6 Å². The van der Waals surface area contributed by atoms with Crippen LogP contribution in [0.5, 0.6) is 0 Å². The van der Waals surface area contributed by atoms with Crippen LogP contribution in [0.4, 0.5) is 13.2 Å². The fourth-order valence-corrected chi connectivity index (χ4v) is 2.99. The Hall–Kier alpha value is -1.25. The van der Waals surface area contributed by atoms with Crippen LogP contribution in [0.3, 0.4) is 0 Å². The molecule has 0 spiro atoms. The van der Waals surface area contributed by atoms with Gasteiger partial charge in [-0.05, 0) is 0 Å². The number of halogens is 3. The van der Waals surface area contributed by atoms with E-state index in [4.69, 9.17) is 0 Å². The van der Waals surface area contributed by atoms with Crippen molar-refractivity contribution in [3.8, 4) is 11.1 Å². The Morgan fingerprint density at radius 2 is 1.35 bits per heavy atom. The summed E-state index contributed by atoms with van der Waals surface area (Å²) in [6.45, 7) is 0. The predicted molar refractivity (Wildman–Crippen MR) is 63.3 cm³/mol. The summed E-state index contributed by atoms with van der Waals surface area (Å²) in [6, 6.07) is 15.8. The van der Waals surface area contributed by atoms with Gasteiger partial charge in [0.25, 0.3) is 0 Å². The Morgan fingerprint density at radius 3 is 2.00 bits per heavy atom. The number of benzene rings is 2. The van der Waals surface area contributed by atoms with Crippen molar-refractivity contribution in [1.29, 1.82) is 0 Å². The van der Waals surface area contributed by atoms with Crippen molar-refractivity contribution in [2.75, 3.05) is 0 Å². The first-order valence-electron chi connectivity index (χ1n) is 4.96. The van der Waals surface area contributed by atoms with E-state index in [1.807, 2.05) is 30.3 Å². The van der Waals surface area contributed by atoms with Crippen LogP contribution in [0.2, 0.25) is 0 Å². The molecule has 0 aliphatic heterocycles. The molecule has 0 N–H and O–H groups in total. The van der Waals surface area contributed by atoms with Gasteiger partial charge in [-0.1, -0.05) is 0 Å². The van der Waals surface area contributed by atoms with E-state index >= 15 is 0 Å². The van der Waals surface area contributed by atoms with Crippen molar-refractivity contribution >= 4 is 19.4 Å². The third kappa shape index (κ3) is 3.35. The van der Waals surface area contributed by atoms with Crippen LogP contribution in [0.1, 0.15) is 0 Å². The molecule has 2 aromatic carbocycles. The summed E-state index contributed by atoms with van der Waals surface area (Å²) in [5, 5.41) is -4.11. The van der Waals surface area contributed by atoms with Gasteiger partial charge < -0.3 is 0 Å². The molecule has 0 aliphatic rings. The first-order chi connectivity index (χ1) is 8.06. The SMILES string of the molecule is FC(F)(F)[Se]c1ccccc1-c1ccccc1. The normalized spacial score (nSPS) is 11.5. The Kier molecular flexibility index (Phi) is 3.55. The molecule has 0 bridgehead atoms. The van der Waals surface area contributed by atoms with Gasteiger partial charge in [-0.3, -0.25) is 0 Å². The van der Waals surface area contributed by atoms with Crippen LogP contribution in [0.25, 0.3) is 11.1 Å². The van der Waals surface area contributed by atoms with E-state index in [1.165, 1.54) is 0 Å². The zero-order valence-electron chi connectivity index (χ0n) is 8.74. The van der Waals surface area contributed by atoms with Gasteiger partial charge in [0, 0.05) is 0 Å².